The molecule has 1 aromatic heterocycles. The van der Waals surface area contributed by atoms with Crippen LogP contribution < -0.4 is 22.2 Å². The van der Waals surface area contributed by atoms with Crippen molar-refractivity contribution in [3.63, 3.8) is 0 Å². The Bertz CT molecular complexity index is 1420. The zero-order chi connectivity index (χ0) is 26.5. The zero-order valence-electron chi connectivity index (χ0n) is 20.3. The number of rotatable bonds is 7. The van der Waals surface area contributed by atoms with E-state index >= 15 is 0 Å². The number of aryl methyl sites for hydroxylation is 2. The summed E-state index contributed by atoms with van der Waals surface area (Å²) in [6.07, 6.45) is 1.47. The summed E-state index contributed by atoms with van der Waals surface area (Å²) in [6, 6.07) is 11.5. The minimum absolute atomic E-state index is 0.0181. The van der Waals surface area contributed by atoms with Crippen LogP contribution in [0.4, 0.5) is 10.3 Å². The Morgan fingerprint density at radius 1 is 1.11 bits per heavy atom. The fraction of sp³-hybridized carbons (Fsp3) is 0.240. The lowest BCUT2D eigenvalue weighted by molar-refractivity contribution is 0.0931. The van der Waals surface area contributed by atoms with Crippen LogP contribution in [0.3, 0.4) is 0 Å². The smallest absolute Gasteiger partial charge is 0.270 e. The van der Waals surface area contributed by atoms with Gasteiger partial charge in [-0.05, 0) is 71.9 Å². The maximum atomic E-state index is 13.5. The number of hydrogen-bond acceptors (Lipinski definition) is 7. The van der Waals surface area contributed by atoms with Crippen molar-refractivity contribution >= 4 is 23.5 Å². The molecule has 12 heteroatoms. The van der Waals surface area contributed by atoms with Crippen molar-refractivity contribution in [2.24, 2.45) is 21.4 Å². The number of hydrogen-bond donors (Lipinski definition) is 4. The minimum atomic E-state index is -0.532. The van der Waals surface area contributed by atoms with Gasteiger partial charge in [0.15, 0.2) is 0 Å². The second-order valence-electron chi connectivity index (χ2n) is 8.63. The highest BCUT2D eigenvalue weighted by atomic mass is 19.1. The van der Waals surface area contributed by atoms with Gasteiger partial charge in [0, 0.05) is 12.6 Å². The van der Waals surface area contributed by atoms with Crippen LogP contribution in [0.15, 0.2) is 58.0 Å². The Hall–Kier alpha value is -4.74. The first-order chi connectivity index (χ1) is 17.7. The first-order valence-electron chi connectivity index (χ1n) is 11.5. The topological polar surface area (TPSA) is 173 Å². The van der Waals surface area contributed by atoms with E-state index in [0.29, 0.717) is 17.7 Å². The van der Waals surface area contributed by atoms with E-state index in [0.717, 1.165) is 28.7 Å². The number of nitrogens with two attached hydrogens (primary N) is 2. The third kappa shape index (κ3) is 5.92. The van der Waals surface area contributed by atoms with Crippen molar-refractivity contribution in [3.05, 3.63) is 87.5 Å². The molecule has 11 nitrogen and oxygen atoms in total. The molecule has 1 aliphatic carbocycles. The molecule has 0 unspecified atom stereocenters. The maximum absolute atomic E-state index is 13.5. The van der Waals surface area contributed by atoms with Gasteiger partial charge >= 0.3 is 0 Å². The van der Waals surface area contributed by atoms with Gasteiger partial charge in [-0.2, -0.15) is 0 Å². The Kier molecular flexibility index (Phi) is 7.47. The van der Waals surface area contributed by atoms with Crippen LogP contribution in [0.2, 0.25) is 0 Å². The number of fused-ring (bicyclic) bond motifs is 1. The molecule has 6 N–H and O–H groups in total. The largest absolute Gasteiger partial charge is 0.368 e. The molecule has 190 valence electrons. The Balaban J connectivity index is 1.45. The van der Waals surface area contributed by atoms with E-state index in [1.807, 2.05) is 18.2 Å². The van der Waals surface area contributed by atoms with Gasteiger partial charge in [-0.3, -0.25) is 9.59 Å². The summed E-state index contributed by atoms with van der Waals surface area (Å²) in [5.74, 6) is 3.48. The summed E-state index contributed by atoms with van der Waals surface area (Å²) in [6.45, 7) is 3.61. The SMILES string of the molecule is C/C(=N\N=N/N)c1ccc2c(c1)CC[C@@H]2NC(=O)c1cc(C(=O)NCc2ccc(F)c(C)c2)nc(N)n1. The van der Waals surface area contributed by atoms with Gasteiger partial charge in [0.25, 0.3) is 11.8 Å². The highest BCUT2D eigenvalue weighted by Crippen LogP contribution is 2.32. The molecule has 4 rings (SSSR count). The lowest BCUT2D eigenvalue weighted by Gasteiger charge is -2.15. The summed E-state index contributed by atoms with van der Waals surface area (Å²) in [5.41, 5.74) is 10.5. The molecule has 0 saturated carbocycles. The second-order valence-corrected chi connectivity index (χ2v) is 8.63. The van der Waals surface area contributed by atoms with Gasteiger partial charge in [0.2, 0.25) is 5.95 Å². The molecule has 1 aliphatic rings. The number of benzene rings is 2. The second kappa shape index (κ2) is 10.9. The number of nitrogens with zero attached hydrogens (tertiary/aromatic N) is 5. The van der Waals surface area contributed by atoms with Gasteiger partial charge in [-0.25, -0.2) is 14.4 Å². The van der Waals surface area contributed by atoms with E-state index in [1.54, 1.807) is 26.0 Å². The molecule has 1 atom stereocenters. The van der Waals surface area contributed by atoms with E-state index in [2.05, 4.69) is 36.1 Å². The van der Waals surface area contributed by atoms with Gasteiger partial charge in [0.1, 0.15) is 17.2 Å². The van der Waals surface area contributed by atoms with Crippen LogP contribution in [0.5, 0.6) is 0 Å². The molecule has 0 spiro atoms. The quantitative estimate of drug-likeness (QED) is 0.167. The predicted octanol–water partition coefficient (Wildman–Crippen LogP) is 2.90. The highest BCUT2D eigenvalue weighted by Gasteiger charge is 2.26. The fourth-order valence-electron chi connectivity index (χ4n) is 4.16. The highest BCUT2D eigenvalue weighted by molar-refractivity contribution is 5.99. The normalized spacial score (nSPS) is 15.0. The van der Waals surface area contributed by atoms with Crippen molar-refractivity contribution in [2.75, 3.05) is 5.73 Å². The number of carbonyl (C=O) groups excluding carboxylic acids is 2. The van der Waals surface area contributed by atoms with Crippen LogP contribution in [0.25, 0.3) is 0 Å². The van der Waals surface area contributed by atoms with Crippen molar-refractivity contribution < 1.29 is 14.0 Å². The molecule has 0 saturated heterocycles. The van der Waals surface area contributed by atoms with Gasteiger partial charge in [-0.1, -0.05) is 29.5 Å². The van der Waals surface area contributed by atoms with E-state index in [-0.39, 0.29) is 35.7 Å². The average molecular weight is 504 g/mol. The monoisotopic (exact) mass is 503 g/mol. The molecule has 0 bridgehead atoms. The molecular weight excluding hydrogens is 477 g/mol. The number of carbonyl (C=O) groups is 2. The van der Waals surface area contributed by atoms with Gasteiger partial charge in [0.05, 0.1) is 11.8 Å². The summed E-state index contributed by atoms with van der Waals surface area (Å²) in [4.78, 5) is 33.6. The fourth-order valence-corrected chi connectivity index (χ4v) is 4.16. The van der Waals surface area contributed by atoms with E-state index in [1.165, 1.54) is 12.1 Å². The first kappa shape index (κ1) is 25.4. The number of halogens is 1. The Labute approximate surface area is 212 Å². The molecule has 3 aromatic rings. The number of nitrogen functional groups attached to an aromatic ring is 1. The third-order valence-corrected chi connectivity index (χ3v) is 6.07. The Morgan fingerprint density at radius 2 is 1.86 bits per heavy atom. The van der Waals surface area contributed by atoms with Crippen molar-refractivity contribution in [1.82, 2.24) is 20.6 Å². The molecule has 37 heavy (non-hydrogen) atoms. The molecule has 0 fully saturated rings. The average Bonchev–Trinajstić information content (AvgIpc) is 3.29. The summed E-state index contributed by atoms with van der Waals surface area (Å²) < 4.78 is 13.5. The Morgan fingerprint density at radius 3 is 2.59 bits per heavy atom. The molecule has 2 amide bonds. The molecular formula is C25H26FN9O2. The summed E-state index contributed by atoms with van der Waals surface area (Å²) >= 11 is 0. The summed E-state index contributed by atoms with van der Waals surface area (Å²) in [7, 11) is 0. The summed E-state index contributed by atoms with van der Waals surface area (Å²) in [5, 5.41) is 16.2. The predicted molar refractivity (Wildman–Crippen MR) is 135 cm³/mol. The molecule has 0 radical (unpaired) electrons. The third-order valence-electron chi connectivity index (χ3n) is 6.07. The minimum Gasteiger partial charge on any atom is -0.368 e. The number of anilines is 1. The van der Waals surface area contributed by atoms with Gasteiger partial charge < -0.3 is 22.2 Å². The van der Waals surface area contributed by atoms with E-state index in [9.17, 15) is 14.0 Å². The first-order valence-corrected chi connectivity index (χ1v) is 11.5. The van der Waals surface area contributed by atoms with Crippen LogP contribution in [-0.2, 0) is 13.0 Å². The van der Waals surface area contributed by atoms with Crippen LogP contribution in [0.1, 0.15) is 68.2 Å². The van der Waals surface area contributed by atoms with Crippen molar-refractivity contribution in [1.29, 1.82) is 0 Å². The number of nitrogens with one attached hydrogen (secondary N) is 2. The van der Waals surface area contributed by atoms with Crippen molar-refractivity contribution in [3.8, 4) is 0 Å². The zero-order valence-corrected chi connectivity index (χ0v) is 20.3. The van der Waals surface area contributed by atoms with Crippen LogP contribution >= 0.6 is 0 Å². The molecule has 0 aliphatic heterocycles. The maximum Gasteiger partial charge on any atom is 0.270 e. The lowest BCUT2D eigenvalue weighted by Crippen LogP contribution is -2.30. The number of amides is 2. The lowest BCUT2D eigenvalue weighted by atomic mass is 10.0. The van der Waals surface area contributed by atoms with Crippen molar-refractivity contribution in [2.45, 2.75) is 39.3 Å². The standard InChI is InChI=1S/C25H26FN9O2/c1-13-9-15(3-7-19(13)26)12-29-23(36)21-11-22(32-25(27)31-21)24(37)30-20-8-5-17-10-16(4-6-18(17)20)14(2)33-35-34-28/h3-4,6-7,9-11,20H,5,8,12H2,1-2H3,(H2,28,35)(H,29,36)(H,30,37)(H2,27,31,32)/b33-14+/t20-/m0/s1. The van der Waals surface area contributed by atoms with Gasteiger partial charge in [-0.15, -0.1) is 5.10 Å². The molecule has 1 heterocycles. The van der Waals surface area contributed by atoms with Crippen LogP contribution in [0, 0.1) is 12.7 Å². The van der Waals surface area contributed by atoms with Crippen LogP contribution in [-0.4, -0.2) is 27.5 Å². The molecule has 2 aromatic carbocycles. The van der Waals surface area contributed by atoms with E-state index in [4.69, 9.17) is 11.6 Å². The number of aromatic nitrogens is 2. The van der Waals surface area contributed by atoms with E-state index < -0.39 is 11.8 Å².